The number of rotatable bonds is 6. The van der Waals surface area contributed by atoms with Crippen LogP contribution in [0.4, 0.5) is 24.9 Å². The molecule has 1 aromatic heterocycles. The third-order valence-electron chi connectivity index (χ3n) is 8.01. The first kappa shape index (κ1) is 25.9. The van der Waals surface area contributed by atoms with E-state index < -0.39 is 11.9 Å². The highest BCUT2D eigenvalue weighted by atomic mass is 35.5. The quantitative estimate of drug-likeness (QED) is 0.429. The van der Waals surface area contributed by atoms with Crippen LogP contribution in [-0.4, -0.2) is 47.1 Å². The molecule has 5 rings (SSSR count). The molecule has 1 saturated carbocycles. The lowest BCUT2D eigenvalue weighted by Crippen LogP contribution is -2.56. The van der Waals surface area contributed by atoms with E-state index in [4.69, 9.17) is 23.2 Å². The molecule has 2 atom stereocenters. The molecule has 2 aliphatic heterocycles. The molecule has 5 nitrogen and oxygen atoms in total. The summed E-state index contributed by atoms with van der Waals surface area (Å²) in [7, 11) is 0. The molecule has 2 aromatic rings. The zero-order valence-electron chi connectivity index (χ0n) is 20.5. The summed E-state index contributed by atoms with van der Waals surface area (Å²) in [5.41, 5.74) is -0.225. The lowest BCUT2D eigenvalue weighted by Gasteiger charge is -2.50. The normalized spacial score (nSPS) is 26.3. The van der Waals surface area contributed by atoms with E-state index in [1.165, 1.54) is 32.2 Å². The summed E-state index contributed by atoms with van der Waals surface area (Å²) in [6.07, 6.45) is 0.398. The Morgan fingerprint density at radius 2 is 1.81 bits per heavy atom. The van der Waals surface area contributed by atoms with Gasteiger partial charge < -0.3 is 15.1 Å². The smallest absolute Gasteiger partial charge is 0.363 e. The first-order chi connectivity index (χ1) is 17.1. The predicted molar refractivity (Wildman–Crippen MR) is 138 cm³/mol. The number of alkyl halides is 3. The molecule has 1 N–H and O–H groups in total. The van der Waals surface area contributed by atoms with Crippen LogP contribution >= 0.6 is 23.2 Å². The number of nitrogens with zero attached hydrogens (tertiary/aromatic N) is 4. The standard InChI is InChI=1S/C26H32Cl2F3N5/c1-15-8-20(9-15)35-7-3-4-17(12-35)18-13-36(14-18)25-33-23(26(29,30)31)11-24(34-25)32-16(2)21-6-5-19(27)10-22(21)28/h5-6,10-11,15-18,20H,3-4,7-9,12-14H2,1-2H3,(H,32,33,34)/t15?,16-,17+,20?/m1/s1. The number of aromatic nitrogens is 2. The van der Waals surface area contributed by atoms with E-state index in [0.29, 0.717) is 35.0 Å². The van der Waals surface area contributed by atoms with Crippen LogP contribution in [0.2, 0.25) is 10.0 Å². The van der Waals surface area contributed by atoms with E-state index in [2.05, 4.69) is 27.1 Å². The Bertz CT molecular complexity index is 1090. The Hall–Kier alpha value is -1.77. The van der Waals surface area contributed by atoms with Gasteiger partial charge in [-0.1, -0.05) is 36.2 Å². The van der Waals surface area contributed by atoms with Crippen LogP contribution in [0, 0.1) is 17.8 Å². The second kappa shape index (κ2) is 10.2. The van der Waals surface area contributed by atoms with Crippen LogP contribution in [0.15, 0.2) is 24.3 Å². The Morgan fingerprint density at radius 1 is 1.06 bits per heavy atom. The van der Waals surface area contributed by atoms with Crippen molar-refractivity contribution in [1.29, 1.82) is 0 Å². The molecule has 36 heavy (non-hydrogen) atoms. The highest BCUT2D eigenvalue weighted by molar-refractivity contribution is 6.35. The van der Waals surface area contributed by atoms with Crippen molar-refractivity contribution in [3.05, 3.63) is 45.6 Å². The fourth-order valence-electron chi connectivity index (χ4n) is 5.84. The van der Waals surface area contributed by atoms with E-state index >= 15 is 0 Å². The molecular formula is C26H32Cl2F3N5. The minimum Gasteiger partial charge on any atom is -0.363 e. The van der Waals surface area contributed by atoms with E-state index in [1.54, 1.807) is 18.2 Å². The zero-order valence-corrected chi connectivity index (χ0v) is 22.0. The Kier molecular flexibility index (Phi) is 7.31. The van der Waals surface area contributed by atoms with Crippen LogP contribution in [0.25, 0.3) is 0 Å². The van der Waals surface area contributed by atoms with Gasteiger partial charge >= 0.3 is 6.18 Å². The number of hydrogen-bond acceptors (Lipinski definition) is 5. The van der Waals surface area contributed by atoms with Crippen molar-refractivity contribution in [3.8, 4) is 0 Å². The number of likely N-dealkylation sites (tertiary alicyclic amines) is 1. The number of anilines is 2. The molecule has 1 aromatic carbocycles. The third-order valence-corrected chi connectivity index (χ3v) is 8.57. The van der Waals surface area contributed by atoms with Crippen molar-refractivity contribution in [2.45, 2.75) is 57.8 Å². The number of benzene rings is 1. The molecule has 3 heterocycles. The summed E-state index contributed by atoms with van der Waals surface area (Å²) in [5, 5.41) is 4.01. The fourth-order valence-corrected chi connectivity index (χ4v) is 6.41. The maximum atomic E-state index is 13.7. The largest absolute Gasteiger partial charge is 0.433 e. The molecule has 2 saturated heterocycles. The van der Waals surface area contributed by atoms with E-state index in [1.807, 2.05) is 11.8 Å². The van der Waals surface area contributed by atoms with Gasteiger partial charge in [-0.15, -0.1) is 0 Å². The zero-order chi connectivity index (χ0) is 25.6. The molecule has 3 aliphatic rings. The minimum atomic E-state index is -4.57. The van der Waals surface area contributed by atoms with Crippen LogP contribution in [0.1, 0.15) is 56.8 Å². The van der Waals surface area contributed by atoms with Gasteiger partial charge in [-0.3, -0.25) is 0 Å². The first-order valence-electron chi connectivity index (χ1n) is 12.7. The number of hydrogen-bond donors (Lipinski definition) is 1. The number of nitrogens with one attached hydrogen (secondary N) is 1. The maximum Gasteiger partial charge on any atom is 0.433 e. The van der Waals surface area contributed by atoms with Crippen molar-refractivity contribution in [2.24, 2.45) is 17.8 Å². The maximum absolute atomic E-state index is 13.7. The van der Waals surface area contributed by atoms with E-state index in [0.717, 1.165) is 30.1 Å². The van der Waals surface area contributed by atoms with Gasteiger partial charge in [0.2, 0.25) is 5.95 Å². The molecular weight excluding hydrogens is 510 g/mol. The Labute approximate surface area is 220 Å². The highest BCUT2D eigenvalue weighted by Gasteiger charge is 2.41. The van der Waals surface area contributed by atoms with Crippen LogP contribution in [0.3, 0.4) is 0 Å². The summed E-state index contributed by atoms with van der Waals surface area (Å²) in [6, 6.07) is 6.38. The second-order valence-corrected chi connectivity index (χ2v) is 11.6. The average molecular weight is 542 g/mol. The molecule has 3 fully saturated rings. The average Bonchev–Trinajstić information content (AvgIpc) is 2.75. The molecule has 0 unspecified atom stereocenters. The summed E-state index contributed by atoms with van der Waals surface area (Å²) in [4.78, 5) is 12.9. The lowest BCUT2D eigenvalue weighted by atomic mass is 9.76. The highest BCUT2D eigenvalue weighted by Crippen LogP contribution is 2.39. The summed E-state index contributed by atoms with van der Waals surface area (Å²) >= 11 is 12.3. The SMILES string of the molecule is CC1CC(N2CCC[C@H](C3CN(c4nc(N[C@H](C)c5ccc(Cl)cc5Cl)cc(C(F)(F)F)n4)C3)C2)C1. The molecule has 196 valence electrons. The topological polar surface area (TPSA) is 44.3 Å². The number of halogens is 5. The molecule has 1 aliphatic carbocycles. The lowest BCUT2D eigenvalue weighted by molar-refractivity contribution is -0.141. The van der Waals surface area contributed by atoms with E-state index in [-0.39, 0.29) is 17.8 Å². The van der Waals surface area contributed by atoms with Gasteiger partial charge in [-0.2, -0.15) is 18.2 Å². The number of piperidine rings is 1. The van der Waals surface area contributed by atoms with Gasteiger partial charge in [0.15, 0.2) is 5.69 Å². The van der Waals surface area contributed by atoms with Gasteiger partial charge in [-0.25, -0.2) is 4.98 Å². The monoisotopic (exact) mass is 541 g/mol. The van der Waals surface area contributed by atoms with Crippen LogP contribution < -0.4 is 10.2 Å². The fraction of sp³-hybridized carbons (Fsp3) is 0.615. The third kappa shape index (κ3) is 5.55. The molecule has 0 radical (unpaired) electrons. The van der Waals surface area contributed by atoms with Crippen molar-refractivity contribution >= 4 is 35.0 Å². The molecule has 0 bridgehead atoms. The van der Waals surface area contributed by atoms with Crippen molar-refractivity contribution in [3.63, 3.8) is 0 Å². The second-order valence-electron chi connectivity index (χ2n) is 10.8. The van der Waals surface area contributed by atoms with Crippen LogP contribution in [0.5, 0.6) is 0 Å². The van der Waals surface area contributed by atoms with Crippen molar-refractivity contribution in [1.82, 2.24) is 14.9 Å². The first-order valence-corrected chi connectivity index (χ1v) is 13.5. The molecule has 10 heteroatoms. The summed E-state index contributed by atoms with van der Waals surface area (Å²) < 4.78 is 41.0. The van der Waals surface area contributed by atoms with Gasteiger partial charge in [-0.05, 0) is 74.6 Å². The minimum absolute atomic E-state index is 0.122. The predicted octanol–water partition coefficient (Wildman–Crippen LogP) is 6.92. The van der Waals surface area contributed by atoms with Crippen molar-refractivity contribution in [2.75, 3.05) is 36.4 Å². The van der Waals surface area contributed by atoms with Gasteiger partial charge in [0, 0.05) is 41.8 Å². The Balaban J connectivity index is 1.27. The van der Waals surface area contributed by atoms with Crippen molar-refractivity contribution < 1.29 is 13.2 Å². The Morgan fingerprint density at radius 3 is 2.47 bits per heavy atom. The van der Waals surface area contributed by atoms with Gasteiger partial charge in [0.25, 0.3) is 0 Å². The van der Waals surface area contributed by atoms with Gasteiger partial charge in [0.1, 0.15) is 5.82 Å². The summed E-state index contributed by atoms with van der Waals surface area (Å²) in [6.45, 7) is 7.79. The molecule has 0 spiro atoms. The summed E-state index contributed by atoms with van der Waals surface area (Å²) in [5.74, 6) is 2.12. The van der Waals surface area contributed by atoms with E-state index in [9.17, 15) is 13.2 Å². The van der Waals surface area contributed by atoms with Crippen LogP contribution in [-0.2, 0) is 6.18 Å². The van der Waals surface area contributed by atoms with Gasteiger partial charge in [0.05, 0.1) is 6.04 Å². The molecule has 0 amide bonds.